The molecule has 1 aliphatic heterocycles. The van der Waals surface area contributed by atoms with Crippen molar-refractivity contribution in [2.24, 2.45) is 5.73 Å². The highest BCUT2D eigenvalue weighted by atomic mass is 35.5. The monoisotopic (exact) mass is 260 g/mol. The predicted molar refractivity (Wildman–Crippen MR) is 68.1 cm³/mol. The van der Waals surface area contributed by atoms with Crippen LogP contribution in [-0.2, 0) is 6.54 Å². The highest BCUT2D eigenvalue weighted by Crippen LogP contribution is 2.19. The van der Waals surface area contributed by atoms with Crippen LogP contribution in [0.2, 0.25) is 0 Å². The molecule has 1 atom stereocenters. The van der Waals surface area contributed by atoms with Gasteiger partial charge in [-0.1, -0.05) is 6.07 Å². The molecule has 0 aliphatic carbocycles. The maximum Gasteiger partial charge on any atom is 0.165 e. The van der Waals surface area contributed by atoms with Gasteiger partial charge in [0.1, 0.15) is 0 Å². The van der Waals surface area contributed by atoms with Crippen molar-refractivity contribution in [3.63, 3.8) is 0 Å². The van der Waals surface area contributed by atoms with Crippen molar-refractivity contribution < 1.29 is 9.13 Å². The maximum absolute atomic E-state index is 13.4. The van der Waals surface area contributed by atoms with E-state index in [-0.39, 0.29) is 24.3 Å². The zero-order valence-electron chi connectivity index (χ0n) is 9.86. The van der Waals surface area contributed by atoms with Crippen LogP contribution < -0.4 is 10.5 Å². The quantitative estimate of drug-likeness (QED) is 0.901. The molecule has 3 nitrogen and oxygen atoms in total. The first-order chi connectivity index (χ1) is 7.69. The molecule has 1 fully saturated rings. The summed E-state index contributed by atoms with van der Waals surface area (Å²) in [5, 5.41) is 0. The number of ether oxygens (including phenoxy) is 1. The van der Waals surface area contributed by atoms with Gasteiger partial charge in [-0.25, -0.2) is 4.39 Å². The van der Waals surface area contributed by atoms with Crippen LogP contribution in [0.5, 0.6) is 5.75 Å². The minimum atomic E-state index is -0.302. The molecular weight excluding hydrogens is 243 g/mol. The Kier molecular flexibility index (Phi) is 5.18. The summed E-state index contributed by atoms with van der Waals surface area (Å²) < 4.78 is 18.3. The molecule has 0 amide bonds. The van der Waals surface area contributed by atoms with Gasteiger partial charge in [-0.05, 0) is 24.1 Å². The minimum Gasteiger partial charge on any atom is -0.494 e. The Balaban J connectivity index is 0.00000144. The molecule has 96 valence electrons. The summed E-state index contributed by atoms with van der Waals surface area (Å²) in [5.41, 5.74) is 6.78. The average molecular weight is 261 g/mol. The van der Waals surface area contributed by atoms with Crippen LogP contribution in [0.3, 0.4) is 0 Å². The topological polar surface area (TPSA) is 38.5 Å². The Morgan fingerprint density at radius 1 is 1.53 bits per heavy atom. The Bertz CT molecular complexity index is 376. The van der Waals surface area contributed by atoms with E-state index < -0.39 is 0 Å². The van der Waals surface area contributed by atoms with Crippen LogP contribution in [0.15, 0.2) is 18.2 Å². The second kappa shape index (κ2) is 6.19. The predicted octanol–water partition coefficient (Wildman–Crippen LogP) is 1.79. The minimum absolute atomic E-state index is 0. The number of likely N-dealkylation sites (tertiary alicyclic amines) is 1. The third kappa shape index (κ3) is 3.56. The summed E-state index contributed by atoms with van der Waals surface area (Å²) in [6.07, 6.45) is 1.03. The van der Waals surface area contributed by atoms with Crippen molar-refractivity contribution in [2.75, 3.05) is 20.2 Å². The molecule has 2 N–H and O–H groups in total. The number of nitrogens with two attached hydrogens (primary N) is 1. The summed E-state index contributed by atoms with van der Waals surface area (Å²) in [4.78, 5) is 2.24. The van der Waals surface area contributed by atoms with Crippen molar-refractivity contribution in [3.05, 3.63) is 29.6 Å². The molecule has 0 bridgehead atoms. The van der Waals surface area contributed by atoms with E-state index in [1.165, 1.54) is 13.2 Å². The van der Waals surface area contributed by atoms with Gasteiger partial charge < -0.3 is 10.5 Å². The average Bonchev–Trinajstić information content (AvgIpc) is 2.64. The summed E-state index contributed by atoms with van der Waals surface area (Å²) in [6.45, 7) is 2.65. The molecule has 0 spiro atoms. The molecule has 1 unspecified atom stereocenters. The summed E-state index contributed by atoms with van der Waals surface area (Å²) in [5.74, 6) is -0.00892. The van der Waals surface area contributed by atoms with E-state index in [1.54, 1.807) is 6.07 Å². The molecule has 0 aromatic heterocycles. The zero-order valence-corrected chi connectivity index (χ0v) is 10.7. The lowest BCUT2D eigenvalue weighted by atomic mass is 10.2. The molecule has 1 aliphatic rings. The number of benzene rings is 1. The first-order valence-corrected chi connectivity index (χ1v) is 5.49. The van der Waals surface area contributed by atoms with Crippen molar-refractivity contribution >= 4 is 12.4 Å². The number of nitrogens with zero attached hydrogens (tertiary/aromatic N) is 1. The fourth-order valence-electron chi connectivity index (χ4n) is 2.07. The Labute approximate surface area is 107 Å². The van der Waals surface area contributed by atoms with E-state index in [4.69, 9.17) is 10.5 Å². The van der Waals surface area contributed by atoms with Crippen LogP contribution in [0, 0.1) is 5.82 Å². The Morgan fingerprint density at radius 2 is 2.29 bits per heavy atom. The summed E-state index contributed by atoms with van der Waals surface area (Å²) in [7, 11) is 1.47. The smallest absolute Gasteiger partial charge is 0.165 e. The summed E-state index contributed by atoms with van der Waals surface area (Å²) >= 11 is 0. The lowest BCUT2D eigenvalue weighted by molar-refractivity contribution is 0.325. The second-order valence-electron chi connectivity index (χ2n) is 4.25. The van der Waals surface area contributed by atoms with Gasteiger partial charge in [0.2, 0.25) is 0 Å². The number of hydrogen-bond donors (Lipinski definition) is 1. The third-order valence-corrected chi connectivity index (χ3v) is 2.93. The van der Waals surface area contributed by atoms with Gasteiger partial charge in [0.15, 0.2) is 11.6 Å². The van der Waals surface area contributed by atoms with Crippen molar-refractivity contribution in [1.82, 2.24) is 4.90 Å². The molecule has 5 heteroatoms. The molecule has 1 saturated heterocycles. The normalized spacial score (nSPS) is 20.1. The summed E-state index contributed by atoms with van der Waals surface area (Å²) in [6, 6.07) is 5.36. The highest BCUT2D eigenvalue weighted by molar-refractivity contribution is 5.85. The van der Waals surface area contributed by atoms with Crippen LogP contribution in [-0.4, -0.2) is 31.1 Å². The fourth-order valence-corrected chi connectivity index (χ4v) is 2.07. The van der Waals surface area contributed by atoms with E-state index in [0.29, 0.717) is 5.75 Å². The van der Waals surface area contributed by atoms with Gasteiger partial charge in [-0.2, -0.15) is 0 Å². The maximum atomic E-state index is 13.4. The van der Waals surface area contributed by atoms with E-state index >= 15 is 0 Å². The molecular formula is C12H18ClFN2O. The van der Waals surface area contributed by atoms with E-state index in [9.17, 15) is 4.39 Å². The van der Waals surface area contributed by atoms with Crippen LogP contribution >= 0.6 is 12.4 Å². The van der Waals surface area contributed by atoms with E-state index in [0.717, 1.165) is 31.6 Å². The largest absolute Gasteiger partial charge is 0.494 e. The zero-order chi connectivity index (χ0) is 11.5. The SMILES string of the molecule is COc1ccc(CN2CCC(N)C2)cc1F.Cl. The molecule has 1 heterocycles. The fraction of sp³-hybridized carbons (Fsp3) is 0.500. The molecule has 0 radical (unpaired) electrons. The van der Waals surface area contributed by atoms with Crippen LogP contribution in [0.4, 0.5) is 4.39 Å². The second-order valence-corrected chi connectivity index (χ2v) is 4.25. The first kappa shape index (κ1) is 14.2. The first-order valence-electron chi connectivity index (χ1n) is 5.49. The molecule has 1 aromatic rings. The van der Waals surface area contributed by atoms with Crippen molar-refractivity contribution in [1.29, 1.82) is 0 Å². The Morgan fingerprint density at radius 3 is 2.82 bits per heavy atom. The lowest BCUT2D eigenvalue weighted by Crippen LogP contribution is -2.26. The molecule has 0 saturated carbocycles. The van der Waals surface area contributed by atoms with Crippen LogP contribution in [0.1, 0.15) is 12.0 Å². The van der Waals surface area contributed by atoms with Gasteiger partial charge in [-0.15, -0.1) is 12.4 Å². The van der Waals surface area contributed by atoms with E-state index in [1.807, 2.05) is 6.07 Å². The standard InChI is InChI=1S/C12H17FN2O.ClH/c1-16-12-3-2-9(6-11(12)13)7-15-5-4-10(14)8-15;/h2-3,6,10H,4-5,7-8,14H2,1H3;1H. The van der Waals surface area contributed by atoms with Gasteiger partial charge >= 0.3 is 0 Å². The van der Waals surface area contributed by atoms with Crippen molar-refractivity contribution in [3.8, 4) is 5.75 Å². The third-order valence-electron chi connectivity index (χ3n) is 2.93. The molecule has 1 aromatic carbocycles. The van der Waals surface area contributed by atoms with Crippen LogP contribution in [0.25, 0.3) is 0 Å². The van der Waals surface area contributed by atoms with Gasteiger partial charge in [0.25, 0.3) is 0 Å². The van der Waals surface area contributed by atoms with Gasteiger partial charge in [0.05, 0.1) is 7.11 Å². The number of methoxy groups -OCH3 is 1. The molecule has 2 rings (SSSR count). The lowest BCUT2D eigenvalue weighted by Gasteiger charge is -2.15. The Hall–Kier alpha value is -0.840. The van der Waals surface area contributed by atoms with E-state index in [2.05, 4.69) is 4.90 Å². The number of halogens is 2. The van der Waals surface area contributed by atoms with Gasteiger partial charge in [-0.3, -0.25) is 4.90 Å². The van der Waals surface area contributed by atoms with Gasteiger partial charge in [0, 0.05) is 25.7 Å². The number of hydrogen-bond acceptors (Lipinski definition) is 3. The molecule has 17 heavy (non-hydrogen) atoms. The number of rotatable bonds is 3. The highest BCUT2D eigenvalue weighted by Gasteiger charge is 2.19. The van der Waals surface area contributed by atoms with Crippen molar-refractivity contribution in [2.45, 2.75) is 19.0 Å².